The maximum Gasteiger partial charge on any atom is 0.407 e. The number of piperazine rings is 1. The SMILES string of the molecule is CC(C)(C)OC(=O)NCCC(=O)N1CCN(C(=S)S)C(Cc2ccc([N+](=O)[O-])cc2)C1. The van der Waals surface area contributed by atoms with Crippen LogP contribution in [0.3, 0.4) is 0 Å². The van der Waals surface area contributed by atoms with Gasteiger partial charge in [-0.2, -0.15) is 0 Å². The lowest BCUT2D eigenvalue weighted by molar-refractivity contribution is -0.384. The zero-order chi connectivity index (χ0) is 23.2. The monoisotopic (exact) mass is 468 g/mol. The van der Waals surface area contributed by atoms with E-state index >= 15 is 0 Å². The molecule has 1 aromatic carbocycles. The highest BCUT2D eigenvalue weighted by atomic mass is 32.1. The molecule has 0 bridgehead atoms. The zero-order valence-corrected chi connectivity index (χ0v) is 19.6. The van der Waals surface area contributed by atoms with Crippen LogP contribution in [-0.4, -0.2) is 68.9 Å². The Morgan fingerprint density at radius 3 is 2.48 bits per heavy atom. The Kier molecular flexibility index (Phi) is 8.63. The number of nitrogens with zero attached hydrogens (tertiary/aromatic N) is 3. The van der Waals surface area contributed by atoms with Gasteiger partial charge in [0.25, 0.3) is 5.69 Å². The number of thiocarbonyl (C=S) groups is 1. The molecule has 170 valence electrons. The number of hydrogen-bond acceptors (Lipinski definition) is 6. The van der Waals surface area contributed by atoms with Crippen molar-refractivity contribution in [2.75, 3.05) is 26.2 Å². The standard InChI is InChI=1S/C20H28N4O5S2/c1-20(2,3)29-18(26)21-9-8-17(25)22-10-11-23(19(30)31)16(13-22)12-14-4-6-15(7-5-14)24(27)28/h4-7,16H,8-13H2,1-3H3,(H,21,26)(H,30,31). The van der Waals surface area contributed by atoms with Gasteiger partial charge < -0.3 is 19.9 Å². The molecule has 0 spiro atoms. The van der Waals surface area contributed by atoms with Crippen molar-refractivity contribution in [3.05, 3.63) is 39.9 Å². The molecule has 1 N–H and O–H groups in total. The molecule has 0 radical (unpaired) electrons. The fraction of sp³-hybridized carbons (Fsp3) is 0.550. The van der Waals surface area contributed by atoms with E-state index in [1.165, 1.54) is 12.1 Å². The number of hydrogen-bond donors (Lipinski definition) is 2. The normalized spacial score (nSPS) is 16.6. The fourth-order valence-electron chi connectivity index (χ4n) is 3.28. The third kappa shape index (κ3) is 7.98. The van der Waals surface area contributed by atoms with Crippen LogP contribution in [0, 0.1) is 10.1 Å². The maximum absolute atomic E-state index is 12.6. The van der Waals surface area contributed by atoms with E-state index in [0.717, 1.165) is 5.56 Å². The van der Waals surface area contributed by atoms with Crippen LogP contribution in [0.2, 0.25) is 0 Å². The van der Waals surface area contributed by atoms with Gasteiger partial charge in [0, 0.05) is 44.7 Å². The van der Waals surface area contributed by atoms with Gasteiger partial charge >= 0.3 is 6.09 Å². The molecule has 0 saturated carbocycles. The summed E-state index contributed by atoms with van der Waals surface area (Å²) >= 11 is 9.55. The number of nitro benzene ring substituents is 1. The minimum absolute atomic E-state index is 0.0308. The molecule has 1 saturated heterocycles. The molecule has 2 amide bonds. The predicted molar refractivity (Wildman–Crippen MR) is 124 cm³/mol. The number of benzene rings is 1. The highest BCUT2D eigenvalue weighted by Crippen LogP contribution is 2.20. The van der Waals surface area contributed by atoms with Gasteiger partial charge in [-0.3, -0.25) is 14.9 Å². The van der Waals surface area contributed by atoms with E-state index in [1.54, 1.807) is 37.8 Å². The number of amides is 2. The summed E-state index contributed by atoms with van der Waals surface area (Å²) in [6.07, 6.45) is 0.176. The Morgan fingerprint density at radius 2 is 1.94 bits per heavy atom. The van der Waals surface area contributed by atoms with E-state index in [1.807, 2.05) is 4.90 Å². The van der Waals surface area contributed by atoms with Gasteiger partial charge in [0.2, 0.25) is 5.91 Å². The van der Waals surface area contributed by atoms with Crippen molar-refractivity contribution in [1.82, 2.24) is 15.1 Å². The van der Waals surface area contributed by atoms with Gasteiger partial charge in [0.1, 0.15) is 9.92 Å². The molecule has 11 heteroatoms. The van der Waals surface area contributed by atoms with Crippen molar-refractivity contribution < 1.29 is 19.2 Å². The first-order valence-electron chi connectivity index (χ1n) is 9.94. The van der Waals surface area contributed by atoms with Crippen LogP contribution in [0.15, 0.2) is 24.3 Å². The second kappa shape index (κ2) is 10.8. The molecule has 1 unspecified atom stereocenters. The van der Waals surface area contributed by atoms with Crippen molar-refractivity contribution in [2.24, 2.45) is 0 Å². The van der Waals surface area contributed by atoms with E-state index in [9.17, 15) is 19.7 Å². The number of nitro groups is 1. The molecule has 0 aromatic heterocycles. The lowest BCUT2D eigenvalue weighted by atomic mass is 10.0. The molecule has 1 heterocycles. The summed E-state index contributed by atoms with van der Waals surface area (Å²) in [6, 6.07) is 6.26. The average molecular weight is 469 g/mol. The Morgan fingerprint density at radius 1 is 1.29 bits per heavy atom. The first kappa shape index (κ1) is 24.9. The van der Waals surface area contributed by atoms with Crippen molar-refractivity contribution in [2.45, 2.75) is 45.3 Å². The highest BCUT2D eigenvalue weighted by molar-refractivity contribution is 8.10. The van der Waals surface area contributed by atoms with Gasteiger partial charge in [-0.25, -0.2) is 4.79 Å². The molecular weight excluding hydrogens is 440 g/mol. The number of ether oxygens (including phenoxy) is 1. The zero-order valence-electron chi connectivity index (χ0n) is 17.9. The number of non-ortho nitro benzene ring substituents is 1. The quantitative estimate of drug-likeness (QED) is 0.286. The van der Waals surface area contributed by atoms with E-state index in [2.05, 4.69) is 17.9 Å². The number of carbonyl (C=O) groups excluding carboxylic acids is 2. The second-order valence-electron chi connectivity index (χ2n) is 8.28. The van der Waals surface area contributed by atoms with Crippen molar-refractivity contribution in [3.63, 3.8) is 0 Å². The number of rotatable bonds is 6. The van der Waals surface area contributed by atoms with Gasteiger partial charge in [-0.1, -0.05) is 24.4 Å². The second-order valence-corrected chi connectivity index (χ2v) is 9.39. The molecule has 1 aromatic rings. The smallest absolute Gasteiger partial charge is 0.407 e. The lowest BCUT2D eigenvalue weighted by Gasteiger charge is -2.42. The average Bonchev–Trinajstić information content (AvgIpc) is 2.66. The Balaban J connectivity index is 1.94. The first-order valence-corrected chi connectivity index (χ1v) is 10.8. The summed E-state index contributed by atoms with van der Waals surface area (Å²) in [5.41, 5.74) is 0.343. The summed E-state index contributed by atoms with van der Waals surface area (Å²) < 4.78 is 5.62. The molecule has 31 heavy (non-hydrogen) atoms. The van der Waals surface area contributed by atoms with Crippen molar-refractivity contribution >= 4 is 46.9 Å². The van der Waals surface area contributed by atoms with Gasteiger partial charge in [-0.05, 0) is 32.8 Å². The molecule has 9 nitrogen and oxygen atoms in total. The maximum atomic E-state index is 12.6. The van der Waals surface area contributed by atoms with Crippen LogP contribution in [0.25, 0.3) is 0 Å². The summed E-state index contributed by atoms with van der Waals surface area (Å²) in [6.45, 7) is 7.00. The van der Waals surface area contributed by atoms with E-state index in [0.29, 0.717) is 30.4 Å². The highest BCUT2D eigenvalue weighted by Gasteiger charge is 2.30. The summed E-state index contributed by atoms with van der Waals surface area (Å²) in [5, 5.41) is 13.4. The van der Waals surface area contributed by atoms with Crippen LogP contribution < -0.4 is 5.32 Å². The van der Waals surface area contributed by atoms with Crippen molar-refractivity contribution in [3.8, 4) is 0 Å². The van der Waals surface area contributed by atoms with Crippen LogP contribution in [0.4, 0.5) is 10.5 Å². The molecule has 1 aliphatic heterocycles. The topological polar surface area (TPSA) is 105 Å². The van der Waals surface area contributed by atoms with Crippen LogP contribution in [0.5, 0.6) is 0 Å². The number of nitrogens with one attached hydrogen (secondary N) is 1. The van der Waals surface area contributed by atoms with E-state index in [-0.39, 0.29) is 30.6 Å². The Hall–Kier alpha value is -2.40. The molecule has 0 aliphatic carbocycles. The predicted octanol–water partition coefficient (Wildman–Crippen LogP) is 2.78. The first-order chi connectivity index (χ1) is 14.5. The minimum Gasteiger partial charge on any atom is -0.444 e. The minimum atomic E-state index is -0.596. The molecule has 2 rings (SSSR count). The van der Waals surface area contributed by atoms with Gasteiger partial charge in [-0.15, -0.1) is 12.6 Å². The summed E-state index contributed by atoms with van der Waals surface area (Å²) in [5.74, 6) is -0.0745. The van der Waals surface area contributed by atoms with Crippen LogP contribution in [0.1, 0.15) is 32.8 Å². The number of alkyl carbamates (subject to hydrolysis) is 1. The molecule has 1 aliphatic rings. The third-order valence-corrected chi connectivity index (χ3v) is 5.20. The number of carbonyl (C=O) groups is 2. The molecule has 1 fully saturated rings. The van der Waals surface area contributed by atoms with Gasteiger partial charge in [0.15, 0.2) is 0 Å². The van der Waals surface area contributed by atoms with Crippen LogP contribution >= 0.6 is 24.8 Å². The molecule has 1 atom stereocenters. The van der Waals surface area contributed by atoms with Crippen molar-refractivity contribution in [1.29, 1.82) is 0 Å². The molecular formula is C20H28N4O5S2. The van der Waals surface area contributed by atoms with E-state index in [4.69, 9.17) is 17.0 Å². The fourth-order valence-corrected chi connectivity index (χ4v) is 3.78. The Bertz CT molecular complexity index is 826. The summed E-state index contributed by atoms with van der Waals surface area (Å²) in [7, 11) is 0. The largest absolute Gasteiger partial charge is 0.444 e. The number of thiol groups is 1. The third-order valence-electron chi connectivity index (χ3n) is 4.71. The summed E-state index contributed by atoms with van der Waals surface area (Å²) in [4.78, 5) is 38.5. The lowest BCUT2D eigenvalue weighted by Crippen LogP contribution is -2.56. The van der Waals surface area contributed by atoms with Crippen LogP contribution in [-0.2, 0) is 16.0 Å². The van der Waals surface area contributed by atoms with E-state index < -0.39 is 16.6 Å². The Labute approximate surface area is 192 Å². The van der Waals surface area contributed by atoms with Gasteiger partial charge in [0.05, 0.1) is 11.0 Å².